The predicted octanol–water partition coefficient (Wildman–Crippen LogP) is 2.99. The molecule has 1 unspecified atom stereocenters. The molecule has 0 aliphatic carbocycles. The number of hydrogen-bond acceptors (Lipinski definition) is 7. The quantitative estimate of drug-likeness (QED) is 0.582. The van der Waals surface area contributed by atoms with Crippen molar-refractivity contribution in [2.24, 2.45) is 5.92 Å². The fraction of sp³-hybridized carbons (Fsp3) is 0.423. The summed E-state index contributed by atoms with van der Waals surface area (Å²) in [6, 6.07) is 13.2. The Hall–Kier alpha value is -3.04. The Morgan fingerprint density at radius 1 is 1.14 bits per heavy atom. The van der Waals surface area contributed by atoms with Gasteiger partial charge in [-0.15, -0.1) is 0 Å². The van der Waals surface area contributed by atoms with Crippen LogP contribution in [0.5, 0.6) is 0 Å². The molecule has 1 aromatic heterocycles. The van der Waals surface area contributed by atoms with E-state index in [0.717, 1.165) is 23.1 Å². The minimum Gasteiger partial charge on any atom is -0.371 e. The summed E-state index contributed by atoms with van der Waals surface area (Å²) in [4.78, 5) is 24.5. The van der Waals surface area contributed by atoms with Gasteiger partial charge in [-0.3, -0.25) is 4.79 Å². The van der Waals surface area contributed by atoms with E-state index in [1.54, 1.807) is 18.2 Å². The summed E-state index contributed by atoms with van der Waals surface area (Å²) in [6.07, 6.45) is 3.41. The lowest BCUT2D eigenvalue weighted by Gasteiger charge is -2.32. The Morgan fingerprint density at radius 3 is 2.69 bits per heavy atom. The lowest BCUT2D eigenvalue weighted by Crippen LogP contribution is -2.42. The van der Waals surface area contributed by atoms with Crippen LogP contribution < -0.4 is 10.2 Å². The van der Waals surface area contributed by atoms with Gasteiger partial charge in [0.1, 0.15) is 6.10 Å². The molecular formula is C26H30N4O4S. The number of piperidine rings is 1. The van der Waals surface area contributed by atoms with Gasteiger partial charge in [0.05, 0.1) is 22.7 Å². The van der Waals surface area contributed by atoms with Crippen LogP contribution in [0.3, 0.4) is 0 Å². The fourth-order valence-electron chi connectivity index (χ4n) is 4.95. The van der Waals surface area contributed by atoms with Crippen molar-refractivity contribution >= 4 is 32.6 Å². The molecule has 2 aliphatic rings. The molecule has 3 heterocycles. The van der Waals surface area contributed by atoms with Crippen molar-refractivity contribution in [1.29, 1.82) is 0 Å². The predicted molar refractivity (Wildman–Crippen MR) is 134 cm³/mol. The number of aromatic nitrogens is 2. The molecule has 2 aromatic carbocycles. The number of amides is 1. The number of rotatable bonds is 5. The zero-order valence-electron chi connectivity index (χ0n) is 20.0. The molecule has 8 nitrogen and oxygen atoms in total. The Bertz CT molecular complexity index is 1370. The number of carbonyl (C=O) groups is 1. The molecular weight excluding hydrogens is 464 g/mol. The van der Waals surface area contributed by atoms with Crippen molar-refractivity contribution in [2.45, 2.75) is 37.2 Å². The monoisotopic (exact) mass is 494 g/mol. The Morgan fingerprint density at radius 2 is 1.91 bits per heavy atom. The molecule has 0 spiro atoms. The van der Waals surface area contributed by atoms with Gasteiger partial charge in [0, 0.05) is 37.2 Å². The number of nitrogens with zero attached hydrogens (tertiary/aromatic N) is 3. The van der Waals surface area contributed by atoms with Crippen LogP contribution in [-0.4, -0.2) is 56.8 Å². The van der Waals surface area contributed by atoms with Crippen molar-refractivity contribution in [3.8, 4) is 0 Å². The smallest absolute Gasteiger partial charge is 0.226 e. The number of nitrogens with one attached hydrogen (secondary N) is 1. The van der Waals surface area contributed by atoms with Crippen LogP contribution in [-0.2, 0) is 25.8 Å². The van der Waals surface area contributed by atoms with E-state index in [9.17, 15) is 13.2 Å². The highest BCUT2D eigenvalue weighted by Crippen LogP contribution is 2.28. The van der Waals surface area contributed by atoms with Crippen LogP contribution >= 0.6 is 0 Å². The molecule has 1 N–H and O–H groups in total. The van der Waals surface area contributed by atoms with Crippen molar-refractivity contribution in [1.82, 2.24) is 15.3 Å². The zero-order valence-corrected chi connectivity index (χ0v) is 20.8. The summed E-state index contributed by atoms with van der Waals surface area (Å²) in [5.74, 6) is 0.569. The van der Waals surface area contributed by atoms with Gasteiger partial charge in [0.15, 0.2) is 9.84 Å². The largest absolute Gasteiger partial charge is 0.371 e. The lowest BCUT2D eigenvalue weighted by molar-refractivity contribution is -0.126. The average Bonchev–Trinajstić information content (AvgIpc) is 2.86. The van der Waals surface area contributed by atoms with Crippen LogP contribution in [0.4, 0.5) is 5.95 Å². The molecule has 184 valence electrons. The maximum atomic E-state index is 12.9. The number of carbonyl (C=O) groups excluding carboxylic acids is 1. The van der Waals surface area contributed by atoms with E-state index in [4.69, 9.17) is 4.74 Å². The van der Waals surface area contributed by atoms with E-state index in [-0.39, 0.29) is 22.8 Å². The maximum absolute atomic E-state index is 12.9. The first-order valence-electron chi connectivity index (χ1n) is 12.0. The summed E-state index contributed by atoms with van der Waals surface area (Å²) in [6.45, 7) is 4.38. The number of ether oxygens (including phenoxy) is 1. The molecule has 1 fully saturated rings. The molecule has 35 heavy (non-hydrogen) atoms. The number of aryl methyl sites for hydroxylation is 1. The van der Waals surface area contributed by atoms with Gasteiger partial charge in [-0.05, 0) is 55.5 Å². The van der Waals surface area contributed by atoms with E-state index in [1.165, 1.54) is 11.8 Å². The Labute approximate surface area is 205 Å². The summed E-state index contributed by atoms with van der Waals surface area (Å²) in [5.41, 5.74) is 3.87. The van der Waals surface area contributed by atoms with Gasteiger partial charge >= 0.3 is 0 Å². The molecule has 0 saturated carbocycles. The van der Waals surface area contributed by atoms with Gasteiger partial charge in [0.2, 0.25) is 11.9 Å². The molecule has 1 saturated heterocycles. The van der Waals surface area contributed by atoms with Gasteiger partial charge in [-0.2, -0.15) is 0 Å². The highest BCUT2D eigenvalue weighted by molar-refractivity contribution is 7.90. The van der Waals surface area contributed by atoms with Gasteiger partial charge < -0.3 is 15.0 Å². The third-order valence-electron chi connectivity index (χ3n) is 6.98. The fourth-order valence-corrected chi connectivity index (χ4v) is 5.59. The maximum Gasteiger partial charge on any atom is 0.226 e. The van der Waals surface area contributed by atoms with Crippen LogP contribution in [0.25, 0.3) is 10.9 Å². The number of fused-ring (bicyclic) bond motifs is 2. The second-order valence-electron chi connectivity index (χ2n) is 9.37. The standard InChI is InChI=1S/C26H30N4O4S/c1-17-21-8-7-20(35(2,32)33)15-23(21)29-26(28-17)30-12-9-19(10-13-30)25(31)27-16-24-22-6-4-3-5-18(22)11-14-34-24/h3-8,15,19,24H,9-14,16H2,1-2H3,(H,27,31). The highest BCUT2D eigenvalue weighted by Gasteiger charge is 2.28. The summed E-state index contributed by atoms with van der Waals surface area (Å²) in [7, 11) is -3.32. The number of hydrogen-bond donors (Lipinski definition) is 1. The summed E-state index contributed by atoms with van der Waals surface area (Å²) in [5, 5.41) is 3.94. The summed E-state index contributed by atoms with van der Waals surface area (Å²) >= 11 is 0. The minimum atomic E-state index is -3.32. The third kappa shape index (κ3) is 5.01. The van der Waals surface area contributed by atoms with Crippen molar-refractivity contribution in [3.05, 3.63) is 59.3 Å². The normalized spacial score (nSPS) is 18.9. The molecule has 9 heteroatoms. The number of anilines is 1. The van der Waals surface area contributed by atoms with Crippen LogP contribution in [0.2, 0.25) is 0 Å². The van der Waals surface area contributed by atoms with E-state index in [2.05, 4.69) is 32.3 Å². The molecule has 1 atom stereocenters. The first-order chi connectivity index (χ1) is 16.8. The second kappa shape index (κ2) is 9.54. The van der Waals surface area contributed by atoms with E-state index >= 15 is 0 Å². The molecule has 1 amide bonds. The topological polar surface area (TPSA) is 101 Å². The highest BCUT2D eigenvalue weighted by atomic mass is 32.2. The average molecular weight is 495 g/mol. The van der Waals surface area contributed by atoms with Crippen LogP contribution in [0, 0.1) is 12.8 Å². The second-order valence-corrected chi connectivity index (χ2v) is 11.4. The number of sulfone groups is 1. The van der Waals surface area contributed by atoms with Crippen molar-refractivity contribution in [3.63, 3.8) is 0 Å². The first kappa shape index (κ1) is 23.7. The SMILES string of the molecule is Cc1nc(N2CCC(C(=O)NCC3OCCc4ccccc43)CC2)nc2cc(S(C)(=O)=O)ccc12. The van der Waals surface area contributed by atoms with Gasteiger partial charge in [0.25, 0.3) is 0 Å². The zero-order chi connectivity index (χ0) is 24.6. The van der Waals surface area contributed by atoms with Gasteiger partial charge in [-0.25, -0.2) is 18.4 Å². The first-order valence-corrected chi connectivity index (χ1v) is 13.9. The molecule has 5 rings (SSSR count). The van der Waals surface area contributed by atoms with Crippen molar-refractivity contribution < 1.29 is 17.9 Å². The molecule has 0 radical (unpaired) electrons. The Kier molecular flexibility index (Phi) is 6.46. The molecule has 2 aliphatic heterocycles. The molecule has 3 aromatic rings. The Balaban J connectivity index is 1.22. The van der Waals surface area contributed by atoms with E-state index in [1.807, 2.05) is 19.1 Å². The number of benzene rings is 2. The minimum absolute atomic E-state index is 0.0599. The summed E-state index contributed by atoms with van der Waals surface area (Å²) < 4.78 is 29.8. The van der Waals surface area contributed by atoms with E-state index < -0.39 is 9.84 Å². The van der Waals surface area contributed by atoms with Crippen LogP contribution in [0.15, 0.2) is 47.4 Å². The van der Waals surface area contributed by atoms with Gasteiger partial charge in [-0.1, -0.05) is 24.3 Å². The third-order valence-corrected chi connectivity index (χ3v) is 8.09. The van der Waals surface area contributed by atoms with Crippen LogP contribution in [0.1, 0.15) is 35.8 Å². The lowest BCUT2D eigenvalue weighted by atomic mass is 9.95. The van der Waals surface area contributed by atoms with E-state index in [0.29, 0.717) is 50.5 Å². The van der Waals surface area contributed by atoms with Crippen molar-refractivity contribution in [2.75, 3.05) is 37.4 Å². The molecule has 0 bridgehead atoms.